The molecule has 0 aliphatic carbocycles. The molecule has 158 valence electrons. The van der Waals surface area contributed by atoms with Gasteiger partial charge in [-0.3, -0.25) is 0 Å². The van der Waals surface area contributed by atoms with Crippen LogP contribution in [0.25, 0.3) is 0 Å². The molecular weight excluding hydrogens is 336 g/mol. The third kappa shape index (κ3) is 29.0. The van der Waals surface area contributed by atoms with Crippen molar-refractivity contribution in [3.8, 4) is 11.5 Å². The Morgan fingerprint density at radius 2 is 0.963 bits per heavy atom. The van der Waals surface area contributed by atoms with E-state index in [0.717, 1.165) is 16.0 Å². The highest BCUT2D eigenvalue weighted by molar-refractivity contribution is 5.20. The number of aromatic nitrogens is 1. The SMILES string of the molecule is C.CC.CC.COc1cc[n+](C)cc1.COc1ccccc1.C[N+](C)(C)C. The molecule has 1 aromatic carbocycles. The van der Waals surface area contributed by atoms with Crippen molar-refractivity contribution in [2.45, 2.75) is 35.1 Å². The number of hydrogen-bond donors (Lipinski definition) is 0. The molecule has 0 N–H and O–H groups in total. The average Bonchev–Trinajstić information content (AvgIpc) is 2.65. The van der Waals surface area contributed by atoms with E-state index in [-0.39, 0.29) is 7.43 Å². The summed E-state index contributed by atoms with van der Waals surface area (Å²) in [5.41, 5.74) is 0. The minimum absolute atomic E-state index is 0. The van der Waals surface area contributed by atoms with Gasteiger partial charge in [-0.1, -0.05) is 53.3 Å². The summed E-state index contributed by atoms with van der Waals surface area (Å²) >= 11 is 0. The van der Waals surface area contributed by atoms with Crippen molar-refractivity contribution in [1.82, 2.24) is 0 Å². The average molecular weight is 383 g/mol. The van der Waals surface area contributed by atoms with E-state index >= 15 is 0 Å². The predicted molar refractivity (Wildman–Crippen MR) is 121 cm³/mol. The van der Waals surface area contributed by atoms with E-state index in [1.807, 2.05) is 94.2 Å². The highest BCUT2D eigenvalue weighted by Crippen LogP contribution is 2.05. The van der Waals surface area contributed by atoms with Crippen molar-refractivity contribution in [1.29, 1.82) is 0 Å². The van der Waals surface area contributed by atoms with Gasteiger partial charge in [0.2, 0.25) is 0 Å². The van der Waals surface area contributed by atoms with Gasteiger partial charge in [0.05, 0.1) is 42.4 Å². The molecule has 0 aliphatic heterocycles. The second-order valence-corrected chi connectivity index (χ2v) is 6.10. The molecule has 2 aromatic rings. The van der Waals surface area contributed by atoms with Gasteiger partial charge in [-0.2, -0.15) is 0 Å². The van der Waals surface area contributed by atoms with Crippen LogP contribution < -0.4 is 14.0 Å². The van der Waals surface area contributed by atoms with E-state index < -0.39 is 0 Å². The molecule has 1 heterocycles. The van der Waals surface area contributed by atoms with Gasteiger partial charge >= 0.3 is 0 Å². The minimum atomic E-state index is 0. The summed E-state index contributed by atoms with van der Waals surface area (Å²) in [7, 11) is 13.8. The fraction of sp³-hybridized carbons (Fsp3) is 0.522. The molecule has 2 rings (SSSR count). The predicted octanol–water partition coefficient (Wildman–Crippen LogP) is 5.23. The Bertz CT molecular complexity index is 486. The van der Waals surface area contributed by atoms with E-state index in [9.17, 15) is 0 Å². The van der Waals surface area contributed by atoms with Gasteiger partial charge in [0.25, 0.3) is 0 Å². The number of rotatable bonds is 2. The van der Waals surface area contributed by atoms with Gasteiger partial charge < -0.3 is 14.0 Å². The van der Waals surface area contributed by atoms with Gasteiger partial charge in [-0.15, -0.1) is 0 Å². The van der Waals surface area contributed by atoms with Crippen LogP contribution in [0.3, 0.4) is 0 Å². The highest BCUT2D eigenvalue weighted by atomic mass is 16.5. The second-order valence-electron chi connectivity index (χ2n) is 6.10. The lowest BCUT2D eigenvalue weighted by Crippen LogP contribution is -2.27. The van der Waals surface area contributed by atoms with Gasteiger partial charge in [-0.05, 0) is 12.1 Å². The van der Waals surface area contributed by atoms with Crippen LogP contribution in [0.5, 0.6) is 11.5 Å². The van der Waals surface area contributed by atoms with Gasteiger partial charge in [-0.25, -0.2) is 4.57 Å². The quantitative estimate of drug-likeness (QED) is 0.524. The highest BCUT2D eigenvalue weighted by Gasteiger charge is 1.91. The second kappa shape index (κ2) is 22.0. The molecule has 0 unspecified atom stereocenters. The number of nitrogens with zero attached hydrogens (tertiary/aromatic N) is 2. The molecule has 0 spiro atoms. The van der Waals surface area contributed by atoms with Crippen molar-refractivity contribution in [3.63, 3.8) is 0 Å². The molecule has 0 fully saturated rings. The number of methoxy groups -OCH3 is 2. The first-order chi connectivity index (χ1) is 12.3. The Balaban J connectivity index is -0.000000136. The smallest absolute Gasteiger partial charge is 0.172 e. The maximum absolute atomic E-state index is 4.96. The van der Waals surface area contributed by atoms with E-state index in [2.05, 4.69) is 28.2 Å². The van der Waals surface area contributed by atoms with Crippen LogP contribution in [0.1, 0.15) is 35.1 Å². The third-order valence-electron chi connectivity index (χ3n) is 2.16. The first-order valence-electron chi connectivity index (χ1n) is 9.13. The normalized spacial score (nSPS) is 8.26. The van der Waals surface area contributed by atoms with Gasteiger partial charge in [0.15, 0.2) is 12.4 Å². The number of hydrogen-bond acceptors (Lipinski definition) is 2. The zero-order valence-corrected chi connectivity index (χ0v) is 18.9. The van der Waals surface area contributed by atoms with Crippen LogP contribution >= 0.6 is 0 Å². The fourth-order valence-corrected chi connectivity index (χ4v) is 1.18. The molecule has 0 atom stereocenters. The first kappa shape index (κ1) is 32.6. The lowest BCUT2D eigenvalue weighted by molar-refractivity contribution is -0.849. The lowest BCUT2D eigenvalue weighted by atomic mass is 10.3. The maximum atomic E-state index is 4.96. The Labute approximate surface area is 170 Å². The summed E-state index contributed by atoms with van der Waals surface area (Å²) < 4.78 is 12.8. The van der Waals surface area contributed by atoms with Crippen molar-refractivity contribution in [3.05, 3.63) is 54.9 Å². The number of ether oxygens (including phenoxy) is 2. The molecule has 0 radical (unpaired) electrons. The number of aryl methyl sites for hydroxylation is 1. The monoisotopic (exact) mass is 382 g/mol. The zero-order valence-electron chi connectivity index (χ0n) is 18.9. The molecule has 0 bridgehead atoms. The van der Waals surface area contributed by atoms with E-state index in [0.29, 0.717) is 0 Å². The molecule has 0 saturated carbocycles. The third-order valence-corrected chi connectivity index (χ3v) is 2.16. The standard InChI is InChI=1S/C7H10NO.C7H8O.C4H12N.2C2H6.CH4/c1-8-5-3-7(9-2)4-6-8;1-8-7-5-3-2-4-6-7;1-5(2,3)4;2*1-2;/h3-6H,1-2H3;2-6H,1H3;1-4H3;2*1-2H3;1H4/q+1;;+1;;;. The van der Waals surface area contributed by atoms with Crippen LogP contribution in [0.15, 0.2) is 54.9 Å². The summed E-state index contributed by atoms with van der Waals surface area (Å²) in [5.74, 6) is 1.81. The Morgan fingerprint density at radius 1 is 0.667 bits per heavy atom. The minimum Gasteiger partial charge on any atom is -0.497 e. The summed E-state index contributed by atoms with van der Waals surface area (Å²) in [6.45, 7) is 8.00. The molecule has 4 nitrogen and oxygen atoms in total. The number of pyridine rings is 1. The lowest BCUT2D eigenvalue weighted by Gasteiger charge is -2.14. The van der Waals surface area contributed by atoms with E-state index in [4.69, 9.17) is 9.47 Å². The Hall–Kier alpha value is -2.07. The van der Waals surface area contributed by atoms with Crippen LogP contribution in [0, 0.1) is 0 Å². The maximum Gasteiger partial charge on any atom is 0.172 e. The van der Waals surface area contributed by atoms with Gasteiger partial charge in [0.1, 0.15) is 18.5 Å². The van der Waals surface area contributed by atoms with Crippen molar-refractivity contribution >= 4 is 0 Å². The molecule has 27 heavy (non-hydrogen) atoms. The number of quaternary nitrogens is 1. The first-order valence-corrected chi connectivity index (χ1v) is 9.13. The number of benzene rings is 1. The molecular formula is C23H46N2O2+2. The molecule has 0 aliphatic rings. The summed E-state index contributed by atoms with van der Waals surface area (Å²) in [6, 6.07) is 13.5. The Morgan fingerprint density at radius 3 is 1.22 bits per heavy atom. The van der Waals surface area contributed by atoms with Crippen LogP contribution in [0.2, 0.25) is 0 Å². The fourth-order valence-electron chi connectivity index (χ4n) is 1.18. The number of para-hydroxylation sites is 1. The molecule has 1 aromatic heterocycles. The molecule has 4 heteroatoms. The summed E-state index contributed by atoms with van der Waals surface area (Å²) in [4.78, 5) is 0. The zero-order chi connectivity index (χ0) is 21.0. The van der Waals surface area contributed by atoms with Crippen molar-refractivity contribution in [2.75, 3.05) is 42.4 Å². The topological polar surface area (TPSA) is 22.3 Å². The van der Waals surface area contributed by atoms with Crippen molar-refractivity contribution < 1.29 is 18.5 Å². The Kier molecular flexibility index (Phi) is 26.5. The summed E-state index contributed by atoms with van der Waals surface area (Å²) in [5, 5.41) is 0. The van der Waals surface area contributed by atoms with E-state index in [1.54, 1.807) is 14.2 Å². The molecule has 0 amide bonds. The van der Waals surface area contributed by atoms with Crippen LogP contribution in [-0.4, -0.2) is 46.9 Å². The van der Waals surface area contributed by atoms with Gasteiger partial charge in [0, 0.05) is 12.1 Å². The van der Waals surface area contributed by atoms with E-state index in [1.165, 1.54) is 0 Å². The van der Waals surface area contributed by atoms with Crippen molar-refractivity contribution in [2.24, 2.45) is 7.05 Å². The molecule has 0 saturated heterocycles. The largest absolute Gasteiger partial charge is 0.497 e. The summed E-state index contributed by atoms with van der Waals surface area (Å²) in [6.07, 6.45) is 3.89. The van der Waals surface area contributed by atoms with Crippen LogP contribution in [-0.2, 0) is 7.05 Å². The van der Waals surface area contributed by atoms with Crippen LogP contribution in [0.4, 0.5) is 0 Å².